The summed E-state index contributed by atoms with van der Waals surface area (Å²) in [4.78, 5) is 12.0. The van der Waals surface area contributed by atoms with E-state index in [9.17, 15) is 9.36 Å². The lowest BCUT2D eigenvalue weighted by molar-refractivity contribution is -0.126. The third-order valence-electron chi connectivity index (χ3n) is 5.89. The van der Waals surface area contributed by atoms with E-state index in [4.69, 9.17) is 13.8 Å². The molecular weight excluding hydrogens is 413 g/mol. The average Bonchev–Trinajstić information content (AvgIpc) is 2.79. The molecule has 0 spiro atoms. The third kappa shape index (κ3) is 17.8. The zero-order chi connectivity index (χ0) is 23.2. The van der Waals surface area contributed by atoms with E-state index in [0.717, 1.165) is 6.42 Å². The summed E-state index contributed by atoms with van der Waals surface area (Å²) >= 11 is 0. The summed E-state index contributed by atoms with van der Waals surface area (Å²) < 4.78 is 27.8. The number of carbonyl (C=O) groups is 1. The van der Waals surface area contributed by atoms with E-state index in [-0.39, 0.29) is 18.0 Å². The van der Waals surface area contributed by atoms with Crippen molar-refractivity contribution < 1.29 is 23.1 Å². The number of ether oxygens (including phenoxy) is 1. The van der Waals surface area contributed by atoms with Gasteiger partial charge in [0.05, 0.1) is 18.7 Å². The normalized spacial score (nSPS) is 12.8. The Bertz CT molecular complexity index is 453. The van der Waals surface area contributed by atoms with Crippen LogP contribution in [0.3, 0.4) is 0 Å². The number of hydrogen-bond donors (Lipinski definition) is 1. The zero-order valence-electron chi connectivity index (χ0n) is 20.8. The van der Waals surface area contributed by atoms with Crippen molar-refractivity contribution in [3.05, 3.63) is 0 Å². The molecule has 0 unspecified atom stereocenters. The van der Waals surface area contributed by atoms with E-state index < -0.39 is 7.60 Å². The molecular formula is C24H50NO5P. The minimum absolute atomic E-state index is 0.0975. The van der Waals surface area contributed by atoms with Crippen LogP contribution in [0.25, 0.3) is 0 Å². The van der Waals surface area contributed by atoms with Crippen molar-refractivity contribution in [1.82, 2.24) is 5.32 Å². The van der Waals surface area contributed by atoms with Crippen LogP contribution in [-0.2, 0) is 23.1 Å². The molecule has 0 rings (SSSR count). The monoisotopic (exact) mass is 463 g/mol. The van der Waals surface area contributed by atoms with E-state index >= 15 is 0 Å². The van der Waals surface area contributed by atoms with Gasteiger partial charge in [-0.15, -0.1) is 0 Å². The highest BCUT2D eigenvalue weighted by molar-refractivity contribution is 7.53. The molecule has 0 bridgehead atoms. The fourth-order valence-corrected chi connectivity index (χ4v) is 4.83. The molecule has 0 radical (unpaired) electrons. The molecule has 0 aliphatic heterocycles. The summed E-state index contributed by atoms with van der Waals surface area (Å²) in [6, 6.07) is 0. The molecule has 31 heavy (non-hydrogen) atoms. The lowest BCUT2D eigenvalue weighted by atomic mass is 10.0. The first-order valence-electron chi connectivity index (χ1n) is 12.5. The highest BCUT2D eigenvalue weighted by Crippen LogP contribution is 2.47. The second-order valence-electron chi connectivity index (χ2n) is 8.47. The van der Waals surface area contributed by atoms with Gasteiger partial charge in [0, 0.05) is 27.9 Å². The Morgan fingerprint density at radius 1 is 0.806 bits per heavy atom. The highest BCUT2D eigenvalue weighted by Gasteiger charge is 2.26. The first-order chi connectivity index (χ1) is 15.0. The number of carbonyl (C=O) groups excluding carboxylic acids is 1. The van der Waals surface area contributed by atoms with Crippen molar-refractivity contribution in [2.75, 3.05) is 40.6 Å². The SMILES string of the molecule is CCCCCCCCCCCCCCCCOC[C@H](CCP(=O)(OC)OC)C(=O)NC. The Morgan fingerprint density at radius 2 is 1.26 bits per heavy atom. The van der Waals surface area contributed by atoms with Gasteiger partial charge in [-0.05, 0) is 12.8 Å². The van der Waals surface area contributed by atoms with Crippen molar-refractivity contribution in [2.45, 2.75) is 103 Å². The van der Waals surface area contributed by atoms with E-state index in [0.29, 0.717) is 19.6 Å². The molecule has 1 amide bonds. The average molecular weight is 464 g/mol. The smallest absolute Gasteiger partial charge is 0.330 e. The molecule has 0 fully saturated rings. The van der Waals surface area contributed by atoms with Gasteiger partial charge < -0.3 is 19.1 Å². The van der Waals surface area contributed by atoms with Gasteiger partial charge in [-0.25, -0.2) is 0 Å². The number of rotatable bonds is 23. The van der Waals surface area contributed by atoms with Crippen LogP contribution in [0.15, 0.2) is 0 Å². The minimum Gasteiger partial charge on any atom is -0.381 e. The fourth-order valence-electron chi connectivity index (χ4n) is 3.69. The number of amides is 1. The molecule has 0 saturated heterocycles. The lowest BCUT2D eigenvalue weighted by Crippen LogP contribution is -2.31. The number of hydrogen-bond acceptors (Lipinski definition) is 5. The third-order valence-corrected chi connectivity index (χ3v) is 7.80. The van der Waals surface area contributed by atoms with E-state index in [1.165, 1.54) is 97.7 Å². The Balaban J connectivity index is 3.63. The van der Waals surface area contributed by atoms with Crippen LogP contribution < -0.4 is 5.32 Å². The van der Waals surface area contributed by atoms with Gasteiger partial charge in [-0.2, -0.15) is 0 Å². The summed E-state index contributed by atoms with van der Waals surface area (Å²) in [6.07, 6.45) is 19.2. The molecule has 0 aromatic carbocycles. The highest BCUT2D eigenvalue weighted by atomic mass is 31.2. The van der Waals surface area contributed by atoms with Crippen LogP contribution in [0, 0.1) is 5.92 Å². The van der Waals surface area contributed by atoms with Gasteiger partial charge in [0.1, 0.15) is 0 Å². The Kier molecular flexibility index (Phi) is 21.1. The van der Waals surface area contributed by atoms with Gasteiger partial charge in [0.2, 0.25) is 5.91 Å². The fraction of sp³-hybridized carbons (Fsp3) is 0.958. The molecule has 1 N–H and O–H groups in total. The molecule has 0 aromatic rings. The van der Waals surface area contributed by atoms with Crippen molar-refractivity contribution in [3.8, 4) is 0 Å². The van der Waals surface area contributed by atoms with Gasteiger partial charge in [-0.3, -0.25) is 9.36 Å². The van der Waals surface area contributed by atoms with Crippen molar-refractivity contribution >= 4 is 13.5 Å². The zero-order valence-corrected chi connectivity index (χ0v) is 21.7. The first kappa shape index (κ1) is 30.6. The molecule has 186 valence electrons. The summed E-state index contributed by atoms with van der Waals surface area (Å²) in [5.41, 5.74) is 0. The van der Waals surface area contributed by atoms with Crippen molar-refractivity contribution in [2.24, 2.45) is 5.92 Å². The van der Waals surface area contributed by atoms with Gasteiger partial charge in [0.15, 0.2) is 0 Å². The molecule has 0 aliphatic carbocycles. The molecule has 1 atom stereocenters. The second-order valence-corrected chi connectivity index (χ2v) is 10.9. The van der Waals surface area contributed by atoms with E-state index in [1.54, 1.807) is 7.05 Å². The lowest BCUT2D eigenvalue weighted by Gasteiger charge is -2.18. The molecule has 0 saturated carbocycles. The van der Waals surface area contributed by atoms with Crippen LogP contribution >= 0.6 is 7.60 Å². The summed E-state index contributed by atoms with van der Waals surface area (Å²) in [6.45, 7) is 3.27. The molecule has 6 nitrogen and oxygen atoms in total. The van der Waals surface area contributed by atoms with E-state index in [1.807, 2.05) is 0 Å². The quantitative estimate of drug-likeness (QED) is 0.134. The maximum absolute atomic E-state index is 12.2. The maximum atomic E-state index is 12.2. The largest absolute Gasteiger partial charge is 0.381 e. The summed E-state index contributed by atoms with van der Waals surface area (Å²) in [5.74, 6) is -0.435. The topological polar surface area (TPSA) is 73.9 Å². The van der Waals surface area contributed by atoms with Crippen LogP contribution in [0.5, 0.6) is 0 Å². The van der Waals surface area contributed by atoms with Crippen LogP contribution in [0.2, 0.25) is 0 Å². The minimum atomic E-state index is -3.10. The van der Waals surface area contributed by atoms with E-state index in [2.05, 4.69) is 12.2 Å². The number of unbranched alkanes of at least 4 members (excludes halogenated alkanes) is 13. The Hall–Kier alpha value is -0.420. The summed E-state index contributed by atoms with van der Waals surface area (Å²) in [7, 11) is 1.24. The molecule has 7 heteroatoms. The predicted octanol–water partition coefficient (Wildman–Crippen LogP) is 6.72. The Morgan fingerprint density at radius 3 is 1.68 bits per heavy atom. The van der Waals surface area contributed by atoms with Crippen LogP contribution in [0.1, 0.15) is 103 Å². The molecule has 0 heterocycles. The number of nitrogens with one attached hydrogen (secondary N) is 1. The summed E-state index contributed by atoms with van der Waals surface area (Å²) in [5, 5.41) is 2.65. The van der Waals surface area contributed by atoms with Crippen LogP contribution in [-0.4, -0.2) is 46.6 Å². The van der Waals surface area contributed by atoms with Crippen molar-refractivity contribution in [3.63, 3.8) is 0 Å². The first-order valence-corrected chi connectivity index (χ1v) is 14.3. The van der Waals surface area contributed by atoms with Crippen LogP contribution in [0.4, 0.5) is 0 Å². The maximum Gasteiger partial charge on any atom is 0.330 e. The molecule has 0 aromatic heterocycles. The van der Waals surface area contributed by atoms with Gasteiger partial charge >= 0.3 is 7.60 Å². The molecule has 0 aliphatic rings. The Labute approximate surface area is 192 Å². The second kappa shape index (κ2) is 21.4. The predicted molar refractivity (Wildman–Crippen MR) is 130 cm³/mol. The van der Waals surface area contributed by atoms with Gasteiger partial charge in [-0.1, -0.05) is 90.4 Å². The standard InChI is InChI=1S/C24H50NO5P/c1-5-6-7-8-9-10-11-12-13-14-15-16-17-18-20-30-22-23(24(26)25-2)19-21-31(27,28-3)29-4/h23H,5-22H2,1-4H3,(H,25,26)/t23-/m0/s1. The van der Waals surface area contributed by atoms with Crippen molar-refractivity contribution in [1.29, 1.82) is 0 Å². The van der Waals surface area contributed by atoms with Gasteiger partial charge in [0.25, 0.3) is 0 Å².